The molecule has 1 fully saturated rings. The lowest BCUT2D eigenvalue weighted by Gasteiger charge is -2.35. The molecule has 5 nitrogen and oxygen atoms in total. The average Bonchev–Trinajstić information content (AvgIpc) is 2.46. The van der Waals surface area contributed by atoms with E-state index in [0.717, 1.165) is 25.9 Å². The summed E-state index contributed by atoms with van der Waals surface area (Å²) < 4.78 is 5.49. The molecule has 20 heavy (non-hydrogen) atoms. The highest BCUT2D eigenvalue weighted by molar-refractivity contribution is 5.77. The highest BCUT2D eigenvalue weighted by Gasteiger charge is 2.23. The number of nitrogens with two attached hydrogens (primary N) is 1. The molecular formula is C15H23N3O2. The zero-order valence-electron chi connectivity index (χ0n) is 12.2. The molecular weight excluding hydrogens is 254 g/mol. The van der Waals surface area contributed by atoms with Gasteiger partial charge in [-0.2, -0.15) is 0 Å². The molecule has 1 aromatic carbocycles. The molecule has 0 saturated carbocycles. The third kappa shape index (κ3) is 3.87. The van der Waals surface area contributed by atoms with Crippen LogP contribution in [0.1, 0.15) is 12.8 Å². The molecule has 1 aromatic rings. The first-order valence-electron chi connectivity index (χ1n) is 6.99. The summed E-state index contributed by atoms with van der Waals surface area (Å²) in [6.45, 7) is 1.72. The standard InChI is InChI=1S/C15H23N3O2/c1-17(2)13-7-9-18(10-8-13)15(19)11-20-14-5-3-12(16)4-6-14/h3-6,13H,7-11,16H2,1-2H3. The molecule has 1 aliphatic rings. The van der Waals surface area contributed by atoms with Crippen molar-refractivity contribution >= 4 is 11.6 Å². The fourth-order valence-corrected chi connectivity index (χ4v) is 2.43. The zero-order valence-corrected chi connectivity index (χ0v) is 12.2. The number of nitrogens with zero attached hydrogens (tertiary/aromatic N) is 2. The number of ether oxygens (including phenoxy) is 1. The second kappa shape index (κ2) is 6.61. The van der Waals surface area contributed by atoms with Gasteiger partial charge in [0.25, 0.3) is 5.91 Å². The smallest absolute Gasteiger partial charge is 0.260 e. The number of amides is 1. The van der Waals surface area contributed by atoms with Crippen LogP contribution < -0.4 is 10.5 Å². The van der Waals surface area contributed by atoms with Gasteiger partial charge in [0, 0.05) is 24.8 Å². The summed E-state index contributed by atoms with van der Waals surface area (Å²) in [7, 11) is 4.18. The van der Waals surface area contributed by atoms with Gasteiger partial charge in [0.1, 0.15) is 5.75 Å². The summed E-state index contributed by atoms with van der Waals surface area (Å²) in [6.07, 6.45) is 2.06. The van der Waals surface area contributed by atoms with Crippen LogP contribution in [0.3, 0.4) is 0 Å². The van der Waals surface area contributed by atoms with Crippen molar-refractivity contribution in [2.24, 2.45) is 0 Å². The maximum Gasteiger partial charge on any atom is 0.260 e. The number of likely N-dealkylation sites (tertiary alicyclic amines) is 1. The molecule has 0 atom stereocenters. The van der Waals surface area contributed by atoms with E-state index in [-0.39, 0.29) is 12.5 Å². The topological polar surface area (TPSA) is 58.8 Å². The molecule has 0 aromatic heterocycles. The molecule has 1 amide bonds. The number of anilines is 1. The normalized spacial score (nSPS) is 16.4. The molecule has 1 heterocycles. The van der Waals surface area contributed by atoms with E-state index >= 15 is 0 Å². The van der Waals surface area contributed by atoms with Gasteiger partial charge in [-0.3, -0.25) is 4.79 Å². The van der Waals surface area contributed by atoms with Crippen LogP contribution in [0.25, 0.3) is 0 Å². The Morgan fingerprint density at radius 2 is 1.90 bits per heavy atom. The van der Waals surface area contributed by atoms with Gasteiger partial charge in [0.2, 0.25) is 0 Å². The van der Waals surface area contributed by atoms with Gasteiger partial charge in [0.05, 0.1) is 0 Å². The summed E-state index contributed by atoms with van der Waals surface area (Å²) in [5.41, 5.74) is 6.29. The molecule has 0 radical (unpaired) electrons. The second-order valence-electron chi connectivity index (χ2n) is 5.43. The fourth-order valence-electron chi connectivity index (χ4n) is 2.43. The number of piperidine rings is 1. The van der Waals surface area contributed by atoms with E-state index in [0.29, 0.717) is 17.5 Å². The van der Waals surface area contributed by atoms with Gasteiger partial charge in [-0.1, -0.05) is 0 Å². The van der Waals surface area contributed by atoms with Gasteiger partial charge in [0.15, 0.2) is 6.61 Å². The number of carbonyl (C=O) groups is 1. The van der Waals surface area contributed by atoms with Crippen LogP contribution in [0, 0.1) is 0 Å². The van der Waals surface area contributed by atoms with Crippen molar-refractivity contribution in [3.05, 3.63) is 24.3 Å². The number of rotatable bonds is 4. The number of hydrogen-bond donors (Lipinski definition) is 1. The first-order valence-corrected chi connectivity index (χ1v) is 6.99. The van der Waals surface area contributed by atoms with Crippen LogP contribution in [0.4, 0.5) is 5.69 Å². The SMILES string of the molecule is CN(C)C1CCN(C(=O)COc2ccc(N)cc2)CC1. The highest BCUT2D eigenvalue weighted by atomic mass is 16.5. The Morgan fingerprint density at radius 1 is 1.30 bits per heavy atom. The van der Waals surface area contributed by atoms with E-state index < -0.39 is 0 Å². The lowest BCUT2D eigenvalue weighted by molar-refractivity contribution is -0.134. The monoisotopic (exact) mass is 277 g/mol. The summed E-state index contributed by atoms with van der Waals surface area (Å²) in [5, 5.41) is 0. The van der Waals surface area contributed by atoms with Crippen LogP contribution in [-0.4, -0.2) is 55.5 Å². The lowest BCUT2D eigenvalue weighted by Crippen LogP contribution is -2.45. The molecule has 5 heteroatoms. The van der Waals surface area contributed by atoms with E-state index in [9.17, 15) is 4.79 Å². The van der Waals surface area contributed by atoms with Crippen molar-refractivity contribution in [1.29, 1.82) is 0 Å². The third-order valence-electron chi connectivity index (χ3n) is 3.79. The maximum absolute atomic E-state index is 12.1. The highest BCUT2D eigenvalue weighted by Crippen LogP contribution is 2.16. The summed E-state index contributed by atoms with van der Waals surface area (Å²) >= 11 is 0. The van der Waals surface area contributed by atoms with Crippen molar-refractivity contribution in [1.82, 2.24) is 9.80 Å². The molecule has 110 valence electrons. The number of benzene rings is 1. The van der Waals surface area contributed by atoms with Crippen LogP contribution >= 0.6 is 0 Å². The van der Waals surface area contributed by atoms with Crippen molar-refractivity contribution < 1.29 is 9.53 Å². The number of carbonyl (C=O) groups excluding carboxylic acids is 1. The fraction of sp³-hybridized carbons (Fsp3) is 0.533. The van der Waals surface area contributed by atoms with Crippen LogP contribution in [0.15, 0.2) is 24.3 Å². The molecule has 0 bridgehead atoms. The van der Waals surface area contributed by atoms with Crippen LogP contribution in [0.2, 0.25) is 0 Å². The Hall–Kier alpha value is -1.75. The molecule has 0 spiro atoms. The predicted octanol–water partition coefficient (Wildman–Crippen LogP) is 1.20. The minimum atomic E-state index is 0.0547. The van der Waals surface area contributed by atoms with Gasteiger partial charge < -0.3 is 20.3 Å². The molecule has 2 N–H and O–H groups in total. The molecule has 1 saturated heterocycles. The Morgan fingerprint density at radius 3 is 2.45 bits per heavy atom. The zero-order chi connectivity index (χ0) is 14.5. The number of nitrogen functional groups attached to an aromatic ring is 1. The first-order chi connectivity index (χ1) is 9.56. The van der Waals surface area contributed by atoms with E-state index in [1.807, 2.05) is 4.90 Å². The van der Waals surface area contributed by atoms with Crippen LogP contribution in [0.5, 0.6) is 5.75 Å². The average molecular weight is 277 g/mol. The van der Waals surface area contributed by atoms with E-state index in [4.69, 9.17) is 10.5 Å². The quantitative estimate of drug-likeness (QED) is 0.840. The Bertz CT molecular complexity index is 437. The van der Waals surface area contributed by atoms with E-state index in [1.165, 1.54) is 0 Å². The summed E-state index contributed by atoms with van der Waals surface area (Å²) in [6, 6.07) is 7.67. The minimum Gasteiger partial charge on any atom is -0.484 e. The molecule has 2 rings (SSSR count). The third-order valence-corrected chi connectivity index (χ3v) is 3.79. The van der Waals surface area contributed by atoms with Crippen molar-refractivity contribution in [2.45, 2.75) is 18.9 Å². The van der Waals surface area contributed by atoms with Gasteiger partial charge in [-0.15, -0.1) is 0 Å². The van der Waals surface area contributed by atoms with Gasteiger partial charge >= 0.3 is 0 Å². The maximum atomic E-state index is 12.1. The Kier molecular flexibility index (Phi) is 4.84. The lowest BCUT2D eigenvalue weighted by atomic mass is 10.0. The van der Waals surface area contributed by atoms with Crippen LogP contribution in [-0.2, 0) is 4.79 Å². The Labute approximate surface area is 120 Å². The second-order valence-corrected chi connectivity index (χ2v) is 5.43. The molecule has 1 aliphatic heterocycles. The molecule has 0 aliphatic carbocycles. The Balaban J connectivity index is 1.77. The first kappa shape index (κ1) is 14.7. The van der Waals surface area contributed by atoms with Crippen molar-refractivity contribution in [3.63, 3.8) is 0 Å². The minimum absolute atomic E-state index is 0.0547. The predicted molar refractivity (Wildman–Crippen MR) is 79.6 cm³/mol. The van der Waals surface area contributed by atoms with E-state index in [1.54, 1.807) is 24.3 Å². The van der Waals surface area contributed by atoms with E-state index in [2.05, 4.69) is 19.0 Å². The summed E-state index contributed by atoms with van der Waals surface area (Å²) in [4.78, 5) is 16.2. The molecule has 0 unspecified atom stereocenters. The van der Waals surface area contributed by atoms with Gasteiger partial charge in [-0.25, -0.2) is 0 Å². The largest absolute Gasteiger partial charge is 0.484 e. The van der Waals surface area contributed by atoms with Crippen molar-refractivity contribution in [3.8, 4) is 5.75 Å². The number of hydrogen-bond acceptors (Lipinski definition) is 4. The van der Waals surface area contributed by atoms with Gasteiger partial charge in [-0.05, 0) is 51.2 Å². The van der Waals surface area contributed by atoms with Crippen molar-refractivity contribution in [2.75, 3.05) is 39.5 Å². The summed E-state index contributed by atoms with van der Waals surface area (Å²) in [5.74, 6) is 0.731.